The number of anilines is 1. The molecule has 2 aromatic heterocycles. The zero-order valence-electron chi connectivity index (χ0n) is 11.5. The van der Waals surface area contributed by atoms with Gasteiger partial charge in [-0.05, 0) is 29.3 Å². The summed E-state index contributed by atoms with van der Waals surface area (Å²) in [5.74, 6) is 1.34. The average Bonchev–Trinajstić information content (AvgIpc) is 2.85. The summed E-state index contributed by atoms with van der Waals surface area (Å²) in [6, 6.07) is 0. The van der Waals surface area contributed by atoms with Gasteiger partial charge in [0.2, 0.25) is 5.88 Å². The van der Waals surface area contributed by atoms with Gasteiger partial charge in [-0.25, -0.2) is 15.0 Å². The fourth-order valence-electron chi connectivity index (χ4n) is 1.63. The van der Waals surface area contributed by atoms with E-state index in [1.807, 2.05) is 12.4 Å². The summed E-state index contributed by atoms with van der Waals surface area (Å²) in [6.45, 7) is 5.57. The Labute approximate surface area is 131 Å². The molecule has 0 aromatic carbocycles. The number of ether oxygens (including phenoxy) is 1. The number of thiazole rings is 1. The van der Waals surface area contributed by atoms with Crippen molar-refractivity contribution in [1.29, 1.82) is 0 Å². The lowest BCUT2D eigenvalue weighted by Gasteiger charge is -2.10. The number of nitrogens with one attached hydrogen (secondary N) is 1. The molecular formula is C13H17BrN4OS. The fraction of sp³-hybridized carbons (Fsp3) is 0.462. The Morgan fingerprint density at radius 1 is 1.35 bits per heavy atom. The van der Waals surface area contributed by atoms with Crippen LogP contribution in [0.15, 0.2) is 16.3 Å². The molecule has 0 bridgehead atoms. The van der Waals surface area contributed by atoms with Gasteiger partial charge in [-0.2, -0.15) is 0 Å². The Bertz CT molecular complexity index is 561. The molecule has 5 nitrogen and oxygen atoms in total. The van der Waals surface area contributed by atoms with Gasteiger partial charge < -0.3 is 10.1 Å². The van der Waals surface area contributed by atoms with Gasteiger partial charge in [0.1, 0.15) is 16.6 Å². The van der Waals surface area contributed by atoms with Crippen LogP contribution in [0, 0.1) is 6.92 Å². The Balaban J connectivity index is 1.94. The van der Waals surface area contributed by atoms with Gasteiger partial charge in [0.05, 0.1) is 17.8 Å². The highest BCUT2D eigenvalue weighted by Gasteiger charge is 2.10. The van der Waals surface area contributed by atoms with Crippen LogP contribution in [0.25, 0.3) is 0 Å². The van der Waals surface area contributed by atoms with Crippen LogP contribution in [0.1, 0.15) is 23.9 Å². The van der Waals surface area contributed by atoms with E-state index in [0.717, 1.165) is 35.4 Å². The van der Waals surface area contributed by atoms with E-state index in [1.165, 1.54) is 11.2 Å². The van der Waals surface area contributed by atoms with Crippen molar-refractivity contribution in [2.24, 2.45) is 0 Å². The standard InChI is InChI=1S/C13H17BrN4OS/c1-3-5-15-12-11(14)13(17-7-16-12)19-6-4-10-9(2)18-8-20-10/h7-8H,3-6H2,1-2H3,(H,15,16,17). The Hall–Kier alpha value is -1.21. The van der Waals surface area contributed by atoms with Gasteiger partial charge in [0.15, 0.2) is 0 Å². The molecule has 2 aromatic rings. The third-order valence-electron chi connectivity index (χ3n) is 2.71. The van der Waals surface area contributed by atoms with E-state index >= 15 is 0 Å². The van der Waals surface area contributed by atoms with E-state index in [0.29, 0.717) is 12.5 Å². The zero-order valence-corrected chi connectivity index (χ0v) is 13.9. The van der Waals surface area contributed by atoms with Crippen molar-refractivity contribution in [2.75, 3.05) is 18.5 Å². The Morgan fingerprint density at radius 2 is 2.20 bits per heavy atom. The van der Waals surface area contributed by atoms with E-state index in [1.54, 1.807) is 11.3 Å². The molecule has 7 heteroatoms. The quantitative estimate of drug-likeness (QED) is 0.823. The number of halogens is 1. The van der Waals surface area contributed by atoms with Crippen LogP contribution in [0.2, 0.25) is 0 Å². The van der Waals surface area contributed by atoms with Crippen LogP contribution in [-0.4, -0.2) is 28.1 Å². The monoisotopic (exact) mass is 356 g/mol. The van der Waals surface area contributed by atoms with Crippen LogP contribution < -0.4 is 10.1 Å². The molecule has 0 aliphatic carbocycles. The van der Waals surface area contributed by atoms with Crippen LogP contribution in [0.4, 0.5) is 5.82 Å². The molecular weight excluding hydrogens is 340 g/mol. The highest BCUT2D eigenvalue weighted by Crippen LogP contribution is 2.28. The smallest absolute Gasteiger partial charge is 0.233 e. The summed E-state index contributed by atoms with van der Waals surface area (Å²) in [5, 5.41) is 3.23. The van der Waals surface area contributed by atoms with Crippen LogP contribution in [0.5, 0.6) is 5.88 Å². The molecule has 0 radical (unpaired) electrons. The first-order valence-electron chi connectivity index (χ1n) is 6.48. The molecule has 108 valence electrons. The molecule has 0 aliphatic heterocycles. The topological polar surface area (TPSA) is 59.9 Å². The molecule has 0 saturated heterocycles. The first kappa shape index (κ1) is 15.2. The maximum atomic E-state index is 5.73. The lowest BCUT2D eigenvalue weighted by Crippen LogP contribution is -2.07. The minimum atomic E-state index is 0.570. The fourth-order valence-corrected chi connectivity index (χ4v) is 2.85. The number of aromatic nitrogens is 3. The van der Waals surface area contributed by atoms with Crippen molar-refractivity contribution in [3.63, 3.8) is 0 Å². The first-order chi connectivity index (χ1) is 9.72. The van der Waals surface area contributed by atoms with Gasteiger partial charge in [0.25, 0.3) is 0 Å². The van der Waals surface area contributed by atoms with Gasteiger partial charge >= 0.3 is 0 Å². The Morgan fingerprint density at radius 3 is 2.90 bits per heavy atom. The summed E-state index contributed by atoms with van der Waals surface area (Å²) in [4.78, 5) is 13.8. The highest BCUT2D eigenvalue weighted by molar-refractivity contribution is 9.10. The highest BCUT2D eigenvalue weighted by atomic mass is 79.9. The normalized spacial score (nSPS) is 10.6. The Kier molecular flexibility index (Phi) is 5.72. The number of hydrogen-bond acceptors (Lipinski definition) is 6. The maximum Gasteiger partial charge on any atom is 0.233 e. The average molecular weight is 357 g/mol. The van der Waals surface area contributed by atoms with Crippen LogP contribution in [-0.2, 0) is 6.42 Å². The zero-order chi connectivity index (χ0) is 14.4. The van der Waals surface area contributed by atoms with Crippen molar-refractivity contribution in [3.8, 4) is 5.88 Å². The molecule has 2 heterocycles. The molecule has 0 unspecified atom stereocenters. The summed E-state index contributed by atoms with van der Waals surface area (Å²) in [7, 11) is 0. The number of hydrogen-bond donors (Lipinski definition) is 1. The summed E-state index contributed by atoms with van der Waals surface area (Å²) < 4.78 is 6.50. The van der Waals surface area contributed by atoms with Crippen molar-refractivity contribution in [2.45, 2.75) is 26.7 Å². The van der Waals surface area contributed by atoms with Gasteiger partial charge in [-0.15, -0.1) is 11.3 Å². The third-order valence-corrected chi connectivity index (χ3v) is 4.42. The number of rotatable bonds is 7. The second-order valence-corrected chi connectivity index (χ2v) is 5.96. The van der Waals surface area contributed by atoms with Crippen LogP contribution >= 0.6 is 27.3 Å². The molecule has 0 aliphatic rings. The third kappa shape index (κ3) is 3.89. The number of aryl methyl sites for hydroxylation is 1. The maximum absolute atomic E-state index is 5.73. The van der Waals surface area contributed by atoms with E-state index in [9.17, 15) is 0 Å². The molecule has 0 amide bonds. The second kappa shape index (κ2) is 7.54. The SMILES string of the molecule is CCCNc1ncnc(OCCc2scnc2C)c1Br. The number of nitrogens with zero attached hydrogens (tertiary/aromatic N) is 3. The lowest BCUT2D eigenvalue weighted by molar-refractivity contribution is 0.307. The van der Waals surface area contributed by atoms with E-state index in [2.05, 4.69) is 43.1 Å². The lowest BCUT2D eigenvalue weighted by atomic mass is 10.3. The van der Waals surface area contributed by atoms with Crippen molar-refractivity contribution in [3.05, 3.63) is 26.9 Å². The van der Waals surface area contributed by atoms with Crippen LogP contribution in [0.3, 0.4) is 0 Å². The van der Waals surface area contributed by atoms with Crippen molar-refractivity contribution >= 4 is 33.1 Å². The molecule has 0 atom stereocenters. The van der Waals surface area contributed by atoms with Gasteiger partial charge in [0, 0.05) is 17.8 Å². The molecule has 20 heavy (non-hydrogen) atoms. The first-order valence-corrected chi connectivity index (χ1v) is 8.15. The molecule has 1 N–H and O–H groups in total. The van der Waals surface area contributed by atoms with Gasteiger partial charge in [-0.1, -0.05) is 6.92 Å². The largest absolute Gasteiger partial charge is 0.476 e. The predicted octanol–water partition coefficient (Wildman–Crippen LogP) is 3.45. The minimum absolute atomic E-state index is 0.570. The molecule has 0 saturated carbocycles. The summed E-state index contributed by atoms with van der Waals surface area (Å²) in [6.07, 6.45) is 3.39. The minimum Gasteiger partial charge on any atom is -0.476 e. The predicted molar refractivity (Wildman–Crippen MR) is 84.6 cm³/mol. The molecule has 0 fully saturated rings. The summed E-state index contributed by atoms with van der Waals surface area (Å²) >= 11 is 5.14. The second-order valence-electron chi connectivity index (χ2n) is 4.23. The summed E-state index contributed by atoms with van der Waals surface area (Å²) in [5.41, 5.74) is 2.93. The van der Waals surface area contributed by atoms with Gasteiger partial charge in [-0.3, -0.25) is 0 Å². The van der Waals surface area contributed by atoms with E-state index in [-0.39, 0.29) is 0 Å². The van der Waals surface area contributed by atoms with Crippen molar-refractivity contribution < 1.29 is 4.74 Å². The van der Waals surface area contributed by atoms with E-state index < -0.39 is 0 Å². The molecule has 0 spiro atoms. The molecule has 2 rings (SSSR count). The van der Waals surface area contributed by atoms with E-state index in [4.69, 9.17) is 4.74 Å². The van der Waals surface area contributed by atoms with Crippen molar-refractivity contribution in [1.82, 2.24) is 15.0 Å².